The van der Waals surface area contributed by atoms with Crippen molar-refractivity contribution in [3.05, 3.63) is 29.8 Å². The van der Waals surface area contributed by atoms with Gasteiger partial charge < -0.3 is 10.6 Å². The van der Waals surface area contributed by atoms with Gasteiger partial charge in [-0.2, -0.15) is 13.2 Å². The van der Waals surface area contributed by atoms with E-state index in [1.54, 1.807) is 18.2 Å². The number of benzene rings is 1. The number of alkyl halides is 3. The van der Waals surface area contributed by atoms with Crippen molar-refractivity contribution in [3.63, 3.8) is 0 Å². The number of hydrogen-bond acceptors (Lipinski definition) is 2. The molecule has 114 valence electrons. The summed E-state index contributed by atoms with van der Waals surface area (Å²) in [6.07, 6.45) is -5.96. The summed E-state index contributed by atoms with van der Waals surface area (Å²) < 4.78 is 35.9. The van der Waals surface area contributed by atoms with Crippen LogP contribution in [0.4, 0.5) is 18.9 Å². The summed E-state index contributed by atoms with van der Waals surface area (Å²) in [7, 11) is 0. The molecule has 0 heterocycles. The maximum atomic E-state index is 12.0. The van der Waals surface area contributed by atoms with Crippen LogP contribution in [0.2, 0.25) is 0 Å². The van der Waals surface area contributed by atoms with Gasteiger partial charge in [-0.05, 0) is 24.2 Å². The van der Waals surface area contributed by atoms with Crippen molar-refractivity contribution in [2.45, 2.75) is 32.5 Å². The van der Waals surface area contributed by atoms with Crippen LogP contribution < -0.4 is 10.6 Å². The molecule has 2 N–H and O–H groups in total. The SMILES string of the molecule is CCNCc1cccc(NC(=O)CCC(F)(F)F)c1.Cl. The molecular formula is C13H18ClF3N2O. The predicted molar refractivity (Wildman–Crippen MR) is 75.0 cm³/mol. The fraction of sp³-hybridized carbons (Fsp3) is 0.462. The third kappa shape index (κ3) is 8.01. The van der Waals surface area contributed by atoms with Crippen LogP contribution in [0.25, 0.3) is 0 Å². The van der Waals surface area contributed by atoms with E-state index in [2.05, 4.69) is 10.6 Å². The van der Waals surface area contributed by atoms with Crippen molar-refractivity contribution in [1.29, 1.82) is 0 Å². The number of carbonyl (C=O) groups excluding carboxylic acids is 1. The number of amides is 1. The molecule has 0 aliphatic heterocycles. The van der Waals surface area contributed by atoms with E-state index < -0.39 is 24.9 Å². The fourth-order valence-corrected chi connectivity index (χ4v) is 1.51. The minimum atomic E-state index is -4.30. The minimum absolute atomic E-state index is 0. The van der Waals surface area contributed by atoms with Crippen LogP contribution in [-0.2, 0) is 11.3 Å². The monoisotopic (exact) mass is 310 g/mol. The number of rotatable bonds is 6. The van der Waals surface area contributed by atoms with Crippen molar-refractivity contribution in [1.82, 2.24) is 5.32 Å². The van der Waals surface area contributed by atoms with Crippen LogP contribution in [0.15, 0.2) is 24.3 Å². The Labute approximate surface area is 122 Å². The molecule has 0 spiro atoms. The molecule has 0 aliphatic rings. The largest absolute Gasteiger partial charge is 0.389 e. The van der Waals surface area contributed by atoms with Gasteiger partial charge >= 0.3 is 6.18 Å². The molecule has 0 fully saturated rings. The Kier molecular flexibility index (Phi) is 8.25. The highest BCUT2D eigenvalue weighted by molar-refractivity contribution is 5.90. The van der Waals surface area contributed by atoms with E-state index in [9.17, 15) is 18.0 Å². The molecule has 0 saturated heterocycles. The van der Waals surface area contributed by atoms with E-state index in [0.717, 1.165) is 12.1 Å². The van der Waals surface area contributed by atoms with Crippen molar-refractivity contribution in [3.8, 4) is 0 Å². The molecule has 7 heteroatoms. The van der Waals surface area contributed by atoms with Gasteiger partial charge in [0.05, 0.1) is 6.42 Å². The highest BCUT2D eigenvalue weighted by atomic mass is 35.5. The highest BCUT2D eigenvalue weighted by Crippen LogP contribution is 2.21. The second-order valence-electron chi connectivity index (χ2n) is 4.14. The quantitative estimate of drug-likeness (QED) is 0.844. The van der Waals surface area contributed by atoms with Crippen LogP contribution >= 0.6 is 12.4 Å². The lowest BCUT2D eigenvalue weighted by atomic mass is 10.2. The van der Waals surface area contributed by atoms with Crippen LogP contribution in [0.1, 0.15) is 25.3 Å². The number of carbonyl (C=O) groups is 1. The maximum absolute atomic E-state index is 12.0. The number of nitrogens with one attached hydrogen (secondary N) is 2. The Morgan fingerprint density at radius 3 is 2.60 bits per heavy atom. The normalized spacial score (nSPS) is 10.8. The molecule has 0 aromatic heterocycles. The summed E-state index contributed by atoms with van der Waals surface area (Å²) >= 11 is 0. The van der Waals surface area contributed by atoms with E-state index in [-0.39, 0.29) is 12.4 Å². The molecule has 0 bridgehead atoms. The molecule has 3 nitrogen and oxygen atoms in total. The molecule has 1 rings (SSSR count). The smallest absolute Gasteiger partial charge is 0.326 e. The molecular weight excluding hydrogens is 293 g/mol. The molecule has 1 aromatic rings. The zero-order chi connectivity index (χ0) is 14.3. The molecule has 1 aromatic carbocycles. The molecule has 20 heavy (non-hydrogen) atoms. The first kappa shape index (κ1) is 18.7. The van der Waals surface area contributed by atoms with E-state index in [0.29, 0.717) is 12.2 Å². The van der Waals surface area contributed by atoms with Gasteiger partial charge in [-0.3, -0.25) is 4.79 Å². The first-order chi connectivity index (χ1) is 8.90. The van der Waals surface area contributed by atoms with Crippen LogP contribution in [-0.4, -0.2) is 18.6 Å². The standard InChI is InChI=1S/C13H17F3N2O.ClH/c1-2-17-9-10-4-3-5-11(8-10)18-12(19)6-7-13(14,15)16;/h3-5,8,17H,2,6-7,9H2,1H3,(H,18,19);1H. The lowest BCUT2D eigenvalue weighted by Crippen LogP contribution is -2.17. The zero-order valence-electron chi connectivity index (χ0n) is 11.1. The van der Waals surface area contributed by atoms with Crippen LogP contribution in [0.5, 0.6) is 0 Å². The lowest BCUT2D eigenvalue weighted by Gasteiger charge is -2.09. The molecule has 1 amide bonds. The second-order valence-corrected chi connectivity index (χ2v) is 4.14. The first-order valence-corrected chi connectivity index (χ1v) is 6.07. The first-order valence-electron chi connectivity index (χ1n) is 6.07. The van der Waals surface area contributed by atoms with Gasteiger partial charge in [0.25, 0.3) is 0 Å². The lowest BCUT2D eigenvalue weighted by molar-refractivity contribution is -0.142. The van der Waals surface area contributed by atoms with Gasteiger partial charge in [0.15, 0.2) is 0 Å². The number of hydrogen-bond donors (Lipinski definition) is 2. The van der Waals surface area contributed by atoms with Gasteiger partial charge in [0.1, 0.15) is 0 Å². The predicted octanol–water partition coefficient (Wildman–Crippen LogP) is 3.50. The van der Waals surface area contributed by atoms with Crippen molar-refractivity contribution in [2.24, 2.45) is 0 Å². The summed E-state index contributed by atoms with van der Waals surface area (Å²) in [5.41, 5.74) is 1.48. The Hall–Kier alpha value is -1.27. The van der Waals surface area contributed by atoms with E-state index >= 15 is 0 Å². The summed E-state index contributed by atoms with van der Waals surface area (Å²) in [5, 5.41) is 5.59. The van der Waals surface area contributed by atoms with Gasteiger partial charge in [0, 0.05) is 18.7 Å². The summed E-state index contributed by atoms with van der Waals surface area (Å²) in [5.74, 6) is -0.627. The fourth-order valence-electron chi connectivity index (χ4n) is 1.51. The molecule has 0 aliphatic carbocycles. The Balaban J connectivity index is 0.00000361. The van der Waals surface area contributed by atoms with E-state index in [1.807, 2.05) is 13.0 Å². The van der Waals surface area contributed by atoms with Gasteiger partial charge in [0.2, 0.25) is 5.91 Å². The highest BCUT2D eigenvalue weighted by Gasteiger charge is 2.27. The van der Waals surface area contributed by atoms with Crippen molar-refractivity contribution in [2.75, 3.05) is 11.9 Å². The van der Waals surface area contributed by atoms with E-state index in [1.165, 1.54) is 0 Å². The molecule has 0 saturated carbocycles. The molecule has 0 atom stereocenters. The number of anilines is 1. The average molecular weight is 311 g/mol. The van der Waals surface area contributed by atoms with Crippen molar-refractivity contribution < 1.29 is 18.0 Å². The summed E-state index contributed by atoms with van der Waals surface area (Å²) in [6.45, 7) is 3.45. The summed E-state index contributed by atoms with van der Waals surface area (Å²) in [4.78, 5) is 11.4. The van der Waals surface area contributed by atoms with Crippen molar-refractivity contribution >= 4 is 24.0 Å². The third-order valence-corrected chi connectivity index (χ3v) is 2.43. The Bertz CT molecular complexity index is 424. The third-order valence-electron chi connectivity index (χ3n) is 2.43. The Morgan fingerprint density at radius 2 is 2.00 bits per heavy atom. The average Bonchev–Trinajstić information content (AvgIpc) is 2.33. The Morgan fingerprint density at radius 1 is 1.30 bits per heavy atom. The van der Waals surface area contributed by atoms with Crippen LogP contribution in [0, 0.1) is 0 Å². The molecule has 0 unspecified atom stereocenters. The van der Waals surface area contributed by atoms with Gasteiger partial charge in [-0.15, -0.1) is 12.4 Å². The summed E-state index contributed by atoms with van der Waals surface area (Å²) in [6, 6.07) is 7.04. The topological polar surface area (TPSA) is 41.1 Å². The second kappa shape index (κ2) is 8.81. The maximum Gasteiger partial charge on any atom is 0.389 e. The number of halogens is 4. The minimum Gasteiger partial charge on any atom is -0.326 e. The molecule has 0 radical (unpaired) electrons. The van der Waals surface area contributed by atoms with Crippen LogP contribution in [0.3, 0.4) is 0 Å². The van der Waals surface area contributed by atoms with Gasteiger partial charge in [-0.25, -0.2) is 0 Å². The zero-order valence-corrected chi connectivity index (χ0v) is 11.9. The van der Waals surface area contributed by atoms with Gasteiger partial charge in [-0.1, -0.05) is 19.1 Å². The van der Waals surface area contributed by atoms with E-state index in [4.69, 9.17) is 0 Å².